The number of rotatable bonds is 8. The molecule has 0 radical (unpaired) electrons. The second kappa shape index (κ2) is 12.4. The summed E-state index contributed by atoms with van der Waals surface area (Å²) in [6.45, 7) is 11.8. The van der Waals surface area contributed by atoms with Crippen LogP contribution in [0.1, 0.15) is 43.6 Å². The Balaban J connectivity index is 1.90. The van der Waals surface area contributed by atoms with Crippen molar-refractivity contribution in [2.45, 2.75) is 76.8 Å². The molecule has 2 aromatic carbocycles. The first-order chi connectivity index (χ1) is 17.9. The van der Waals surface area contributed by atoms with E-state index in [4.69, 9.17) is 18.6 Å². The number of nitrogens with one attached hydrogen (secondary N) is 1. The van der Waals surface area contributed by atoms with Crippen molar-refractivity contribution >= 4 is 26.3 Å². The van der Waals surface area contributed by atoms with Crippen LogP contribution in [0.4, 0.5) is 4.79 Å². The first kappa shape index (κ1) is 29.1. The number of hydrogen-bond acceptors (Lipinski definition) is 7. The minimum Gasteiger partial charge on any atom is -0.454 e. The molecule has 1 aliphatic rings. The van der Waals surface area contributed by atoms with Gasteiger partial charge < -0.3 is 24.0 Å². The lowest BCUT2D eigenvalue weighted by Gasteiger charge is -2.45. The molecule has 38 heavy (non-hydrogen) atoms. The highest BCUT2D eigenvalue weighted by Crippen LogP contribution is 2.39. The van der Waals surface area contributed by atoms with Gasteiger partial charge in [-0.2, -0.15) is 0 Å². The van der Waals surface area contributed by atoms with Crippen molar-refractivity contribution in [3.8, 4) is 0 Å². The Labute approximate surface area is 225 Å². The van der Waals surface area contributed by atoms with Crippen LogP contribution >= 0.6 is 0 Å². The van der Waals surface area contributed by atoms with Crippen LogP contribution in [0.3, 0.4) is 0 Å². The van der Waals surface area contributed by atoms with Crippen molar-refractivity contribution in [2.24, 2.45) is 0 Å². The molecule has 0 heterocycles. The van der Waals surface area contributed by atoms with E-state index in [9.17, 15) is 14.4 Å². The van der Waals surface area contributed by atoms with E-state index >= 15 is 0 Å². The van der Waals surface area contributed by atoms with Crippen LogP contribution in [0.5, 0.6) is 0 Å². The Hall–Kier alpha value is -3.43. The highest BCUT2D eigenvalue weighted by molar-refractivity contribution is 6.74. The minimum atomic E-state index is -2.46. The van der Waals surface area contributed by atoms with Crippen molar-refractivity contribution in [1.82, 2.24) is 5.32 Å². The second-order valence-electron chi connectivity index (χ2n) is 10.8. The second-order valence-corrected chi connectivity index (χ2v) is 15.5. The molecular weight excluding hydrogens is 502 g/mol. The summed E-state index contributed by atoms with van der Waals surface area (Å²) in [5.41, 5.74) is 1.20. The third-order valence-corrected chi connectivity index (χ3v) is 11.3. The number of carbonyl (C=O) groups is 3. The van der Waals surface area contributed by atoms with Crippen molar-refractivity contribution in [3.63, 3.8) is 0 Å². The molecule has 9 heteroatoms. The van der Waals surface area contributed by atoms with Gasteiger partial charge in [0.15, 0.2) is 20.5 Å². The molecule has 2 aromatic rings. The zero-order chi connectivity index (χ0) is 27.9. The number of ether oxygens (including phenoxy) is 3. The molecule has 0 aliphatic heterocycles. The minimum absolute atomic E-state index is 0.0966. The van der Waals surface area contributed by atoms with Gasteiger partial charge in [-0.05, 0) is 41.9 Å². The Morgan fingerprint density at radius 2 is 1.47 bits per heavy atom. The first-order valence-corrected chi connectivity index (χ1v) is 15.5. The van der Waals surface area contributed by atoms with Crippen LogP contribution in [0.25, 0.3) is 0 Å². The van der Waals surface area contributed by atoms with Crippen molar-refractivity contribution < 1.29 is 33.0 Å². The van der Waals surface area contributed by atoms with E-state index in [1.807, 2.05) is 30.3 Å². The summed E-state index contributed by atoms with van der Waals surface area (Å²) in [4.78, 5) is 37.8. The lowest BCUT2D eigenvalue weighted by Crippen LogP contribution is -2.60. The van der Waals surface area contributed by atoms with E-state index in [1.165, 1.54) is 6.92 Å². The van der Waals surface area contributed by atoms with Gasteiger partial charge in [0.2, 0.25) is 0 Å². The average molecular weight is 540 g/mol. The zero-order valence-corrected chi connectivity index (χ0v) is 23.8. The molecule has 4 atom stereocenters. The summed E-state index contributed by atoms with van der Waals surface area (Å²) in [5, 5.41) is 2.66. The van der Waals surface area contributed by atoms with Gasteiger partial charge in [0.05, 0.1) is 11.6 Å². The molecule has 0 bridgehead atoms. The average Bonchev–Trinajstić information content (AvgIpc) is 2.86. The zero-order valence-electron chi connectivity index (χ0n) is 22.8. The molecule has 0 saturated heterocycles. The van der Waals surface area contributed by atoms with E-state index < -0.39 is 50.7 Å². The van der Waals surface area contributed by atoms with Gasteiger partial charge in [-0.25, -0.2) is 9.59 Å². The van der Waals surface area contributed by atoms with Crippen LogP contribution in [0.15, 0.2) is 72.8 Å². The predicted octanol–water partition coefficient (Wildman–Crippen LogP) is 5.40. The number of benzene rings is 2. The standard InChI is InChI=1S/C29H37NO7Si/c1-20(31)35-24-18-17-23(30-28(33)34-19-21-13-9-7-10-14-21)25(37-38(5,6)29(2,3)4)26(24)36-27(32)22-15-11-8-12-16-22/h7-18,23-26H,19H2,1-6H3,(H,30,33)/t23-,24+,25+,26-/m1/s1. The number of carbonyl (C=O) groups excluding carboxylic acids is 3. The Bertz CT molecular complexity index is 1130. The van der Waals surface area contributed by atoms with Crippen LogP contribution < -0.4 is 5.32 Å². The van der Waals surface area contributed by atoms with Gasteiger partial charge in [-0.3, -0.25) is 4.79 Å². The van der Waals surface area contributed by atoms with E-state index in [1.54, 1.807) is 42.5 Å². The maximum atomic E-state index is 13.1. The lowest BCUT2D eigenvalue weighted by molar-refractivity contribution is -0.154. The molecule has 1 amide bonds. The maximum absolute atomic E-state index is 13.1. The smallest absolute Gasteiger partial charge is 0.408 e. The van der Waals surface area contributed by atoms with E-state index in [-0.39, 0.29) is 11.6 Å². The fourth-order valence-corrected chi connectivity index (χ4v) is 5.04. The molecule has 0 unspecified atom stereocenters. The van der Waals surface area contributed by atoms with Gasteiger partial charge in [-0.1, -0.05) is 75.4 Å². The Morgan fingerprint density at radius 1 is 0.868 bits per heavy atom. The summed E-state index contributed by atoms with van der Waals surface area (Å²) in [6, 6.07) is 17.2. The van der Waals surface area contributed by atoms with Gasteiger partial charge in [0.1, 0.15) is 12.7 Å². The molecule has 0 aromatic heterocycles. The quantitative estimate of drug-likeness (QED) is 0.208. The predicted molar refractivity (Wildman–Crippen MR) is 146 cm³/mol. The highest BCUT2D eigenvalue weighted by atomic mass is 28.4. The summed E-state index contributed by atoms with van der Waals surface area (Å²) >= 11 is 0. The number of hydrogen-bond donors (Lipinski definition) is 1. The maximum Gasteiger partial charge on any atom is 0.408 e. The molecule has 0 spiro atoms. The van der Waals surface area contributed by atoms with Gasteiger partial charge in [0, 0.05) is 6.92 Å². The lowest BCUT2D eigenvalue weighted by atomic mass is 9.93. The van der Waals surface area contributed by atoms with Crippen molar-refractivity contribution in [3.05, 3.63) is 83.9 Å². The molecule has 0 saturated carbocycles. The number of amides is 1. The summed E-state index contributed by atoms with van der Waals surface area (Å²) in [5.74, 6) is -1.11. The highest BCUT2D eigenvalue weighted by Gasteiger charge is 2.48. The summed E-state index contributed by atoms with van der Waals surface area (Å²) in [7, 11) is -2.46. The largest absolute Gasteiger partial charge is 0.454 e. The van der Waals surface area contributed by atoms with Gasteiger partial charge in [0.25, 0.3) is 0 Å². The van der Waals surface area contributed by atoms with Crippen LogP contribution in [0.2, 0.25) is 18.1 Å². The van der Waals surface area contributed by atoms with E-state index in [0.717, 1.165) is 5.56 Å². The SMILES string of the molecule is CC(=O)O[C@H]1C=C[C@@H](NC(=O)OCc2ccccc2)[C@H](O[Si](C)(C)C(C)(C)C)[C@@H]1OC(=O)c1ccccc1. The fourth-order valence-electron chi connectivity index (χ4n) is 3.73. The molecule has 3 rings (SSSR count). The third kappa shape index (κ3) is 7.78. The monoisotopic (exact) mass is 539 g/mol. The van der Waals surface area contributed by atoms with E-state index in [2.05, 4.69) is 39.2 Å². The fraction of sp³-hybridized carbons (Fsp3) is 0.414. The molecule has 1 aliphatic carbocycles. The Morgan fingerprint density at radius 3 is 2.05 bits per heavy atom. The Kier molecular flexibility index (Phi) is 9.51. The summed E-state index contributed by atoms with van der Waals surface area (Å²) in [6.07, 6.45) is -0.0768. The normalized spacial score (nSPS) is 21.3. The van der Waals surface area contributed by atoms with Gasteiger partial charge in [-0.15, -0.1) is 0 Å². The first-order valence-electron chi connectivity index (χ1n) is 12.6. The molecule has 204 valence electrons. The molecule has 8 nitrogen and oxygen atoms in total. The number of alkyl carbamates (subject to hydrolysis) is 1. The van der Waals surface area contributed by atoms with Crippen molar-refractivity contribution in [1.29, 1.82) is 0 Å². The molecule has 0 fully saturated rings. The molecule has 1 N–H and O–H groups in total. The van der Waals surface area contributed by atoms with Crippen LogP contribution in [0, 0.1) is 0 Å². The topological polar surface area (TPSA) is 100 Å². The number of esters is 2. The third-order valence-electron chi connectivity index (χ3n) is 6.80. The van der Waals surface area contributed by atoms with Crippen LogP contribution in [-0.4, -0.2) is 50.7 Å². The van der Waals surface area contributed by atoms with Crippen LogP contribution in [-0.2, 0) is 30.0 Å². The molecular formula is C29H37NO7Si. The van der Waals surface area contributed by atoms with Gasteiger partial charge >= 0.3 is 18.0 Å². The van der Waals surface area contributed by atoms with E-state index in [0.29, 0.717) is 5.56 Å². The summed E-state index contributed by atoms with van der Waals surface area (Å²) < 4.78 is 23.6. The van der Waals surface area contributed by atoms with Crippen molar-refractivity contribution in [2.75, 3.05) is 0 Å².